The second kappa shape index (κ2) is 8.22. The van der Waals surface area contributed by atoms with Crippen LogP contribution in [0.25, 0.3) is 5.69 Å². The molecule has 3 aromatic rings. The van der Waals surface area contributed by atoms with E-state index in [4.69, 9.17) is 9.47 Å². The minimum Gasteiger partial charge on any atom is -0.495 e. The predicted molar refractivity (Wildman–Crippen MR) is 104 cm³/mol. The molecule has 8 heteroatoms. The number of carbonyl (C=O) groups is 1. The van der Waals surface area contributed by atoms with Gasteiger partial charge in [-0.3, -0.25) is 4.79 Å². The summed E-state index contributed by atoms with van der Waals surface area (Å²) in [6.07, 6.45) is 3.12. The highest BCUT2D eigenvalue weighted by atomic mass is 79.9. The number of hydrogen-bond acceptors (Lipinski definition) is 5. The Morgan fingerprint density at radius 3 is 2.30 bits per heavy atom. The number of benzene rings is 2. The molecule has 1 atom stereocenters. The van der Waals surface area contributed by atoms with E-state index in [-0.39, 0.29) is 11.9 Å². The first-order valence-corrected chi connectivity index (χ1v) is 9.00. The van der Waals surface area contributed by atoms with Crippen molar-refractivity contribution in [2.75, 3.05) is 14.2 Å². The number of aromatic nitrogens is 3. The normalized spacial score (nSPS) is 11.7. The van der Waals surface area contributed by atoms with Crippen LogP contribution in [-0.4, -0.2) is 34.9 Å². The van der Waals surface area contributed by atoms with Gasteiger partial charge in [0.2, 0.25) is 0 Å². The minimum atomic E-state index is -0.216. The van der Waals surface area contributed by atoms with Gasteiger partial charge in [-0.15, -0.1) is 0 Å². The quantitative estimate of drug-likeness (QED) is 0.646. The van der Waals surface area contributed by atoms with Gasteiger partial charge in [-0.25, -0.2) is 9.67 Å². The first-order chi connectivity index (χ1) is 13.0. The van der Waals surface area contributed by atoms with Crippen LogP contribution in [0.4, 0.5) is 0 Å². The van der Waals surface area contributed by atoms with Crippen LogP contribution in [0.5, 0.6) is 11.5 Å². The number of methoxy groups -OCH3 is 2. The maximum atomic E-state index is 12.7. The van der Waals surface area contributed by atoms with E-state index < -0.39 is 0 Å². The molecule has 0 fully saturated rings. The summed E-state index contributed by atoms with van der Waals surface area (Å²) in [5, 5.41) is 7.09. The second-order valence-electron chi connectivity index (χ2n) is 5.82. The van der Waals surface area contributed by atoms with Gasteiger partial charge in [0.1, 0.15) is 28.6 Å². The third-order valence-electron chi connectivity index (χ3n) is 4.13. The Hall–Kier alpha value is -2.87. The number of ether oxygens (including phenoxy) is 2. The lowest BCUT2D eigenvalue weighted by Gasteiger charge is -2.16. The SMILES string of the molecule is COc1cc(C(=O)N[C@@H](C)c2ccc(-n3cncn3)cc2)cc(OC)c1Br. The van der Waals surface area contributed by atoms with Crippen molar-refractivity contribution in [3.05, 3.63) is 64.7 Å². The van der Waals surface area contributed by atoms with Crippen LogP contribution in [0.1, 0.15) is 28.9 Å². The molecule has 1 aromatic heterocycles. The van der Waals surface area contributed by atoms with Crippen molar-refractivity contribution < 1.29 is 14.3 Å². The molecule has 27 heavy (non-hydrogen) atoms. The number of nitrogens with zero attached hydrogens (tertiary/aromatic N) is 3. The van der Waals surface area contributed by atoms with E-state index in [9.17, 15) is 4.79 Å². The van der Waals surface area contributed by atoms with E-state index in [0.717, 1.165) is 11.3 Å². The van der Waals surface area contributed by atoms with Crippen LogP contribution < -0.4 is 14.8 Å². The lowest BCUT2D eigenvalue weighted by atomic mass is 10.1. The highest BCUT2D eigenvalue weighted by molar-refractivity contribution is 9.10. The van der Waals surface area contributed by atoms with Gasteiger partial charge < -0.3 is 14.8 Å². The van der Waals surface area contributed by atoms with Gasteiger partial charge in [0.05, 0.1) is 25.9 Å². The first-order valence-electron chi connectivity index (χ1n) is 8.21. The fourth-order valence-corrected chi connectivity index (χ4v) is 3.17. The highest BCUT2D eigenvalue weighted by Crippen LogP contribution is 2.35. The summed E-state index contributed by atoms with van der Waals surface area (Å²) in [5.74, 6) is 0.848. The molecule has 7 nitrogen and oxygen atoms in total. The van der Waals surface area contributed by atoms with Crippen LogP contribution >= 0.6 is 15.9 Å². The zero-order valence-electron chi connectivity index (χ0n) is 15.1. The van der Waals surface area contributed by atoms with Crippen LogP contribution in [0.3, 0.4) is 0 Å². The Labute approximate surface area is 165 Å². The molecule has 0 saturated carbocycles. The van der Waals surface area contributed by atoms with E-state index in [1.165, 1.54) is 6.33 Å². The van der Waals surface area contributed by atoms with Crippen molar-refractivity contribution in [1.82, 2.24) is 20.1 Å². The fraction of sp³-hybridized carbons (Fsp3) is 0.211. The molecule has 0 saturated heterocycles. The zero-order chi connectivity index (χ0) is 19.4. The molecular weight excluding hydrogens is 412 g/mol. The average molecular weight is 431 g/mol. The third-order valence-corrected chi connectivity index (χ3v) is 4.91. The lowest BCUT2D eigenvalue weighted by Crippen LogP contribution is -2.26. The maximum absolute atomic E-state index is 12.7. The molecule has 2 aromatic carbocycles. The number of nitrogens with one attached hydrogen (secondary N) is 1. The Bertz CT molecular complexity index is 902. The minimum absolute atomic E-state index is 0.178. The number of halogens is 1. The summed E-state index contributed by atoms with van der Waals surface area (Å²) in [5.41, 5.74) is 2.33. The average Bonchev–Trinajstić information content (AvgIpc) is 3.23. The molecule has 0 radical (unpaired) electrons. The second-order valence-corrected chi connectivity index (χ2v) is 6.61. The van der Waals surface area contributed by atoms with Gasteiger partial charge in [0.25, 0.3) is 5.91 Å². The first kappa shape index (κ1) is 18.9. The van der Waals surface area contributed by atoms with E-state index in [2.05, 4.69) is 31.3 Å². The third kappa shape index (κ3) is 4.11. The number of hydrogen-bond donors (Lipinski definition) is 1. The Morgan fingerprint density at radius 1 is 1.15 bits per heavy atom. The lowest BCUT2D eigenvalue weighted by molar-refractivity contribution is 0.0939. The Balaban J connectivity index is 1.76. The largest absolute Gasteiger partial charge is 0.495 e. The Kier molecular flexibility index (Phi) is 5.75. The Morgan fingerprint density at radius 2 is 1.78 bits per heavy atom. The van der Waals surface area contributed by atoms with Crippen LogP contribution in [0, 0.1) is 0 Å². The highest BCUT2D eigenvalue weighted by Gasteiger charge is 2.17. The molecule has 1 heterocycles. The molecule has 1 N–H and O–H groups in total. The number of amides is 1. The van der Waals surface area contributed by atoms with E-state index in [1.54, 1.807) is 37.4 Å². The summed E-state index contributed by atoms with van der Waals surface area (Å²) in [4.78, 5) is 16.6. The molecule has 0 aliphatic heterocycles. The van der Waals surface area contributed by atoms with Gasteiger partial charge in [-0.2, -0.15) is 5.10 Å². The summed E-state index contributed by atoms with van der Waals surface area (Å²) >= 11 is 3.40. The molecule has 0 aliphatic carbocycles. The van der Waals surface area contributed by atoms with Crippen LogP contribution in [0.2, 0.25) is 0 Å². The summed E-state index contributed by atoms with van der Waals surface area (Å²) in [6.45, 7) is 1.93. The summed E-state index contributed by atoms with van der Waals surface area (Å²) < 4.78 is 12.9. The van der Waals surface area contributed by atoms with E-state index >= 15 is 0 Å². The molecule has 1 amide bonds. The van der Waals surface area contributed by atoms with Crippen molar-refractivity contribution >= 4 is 21.8 Å². The molecule has 0 bridgehead atoms. The van der Waals surface area contributed by atoms with Crippen molar-refractivity contribution in [3.8, 4) is 17.2 Å². The van der Waals surface area contributed by atoms with Crippen molar-refractivity contribution in [3.63, 3.8) is 0 Å². The van der Waals surface area contributed by atoms with Gasteiger partial charge in [-0.1, -0.05) is 12.1 Å². The van der Waals surface area contributed by atoms with E-state index in [0.29, 0.717) is 21.5 Å². The zero-order valence-corrected chi connectivity index (χ0v) is 16.7. The number of carbonyl (C=O) groups excluding carboxylic acids is 1. The maximum Gasteiger partial charge on any atom is 0.252 e. The fourth-order valence-electron chi connectivity index (χ4n) is 2.62. The predicted octanol–water partition coefficient (Wildman–Crippen LogP) is 3.54. The van der Waals surface area contributed by atoms with Crippen LogP contribution in [0.15, 0.2) is 53.5 Å². The van der Waals surface area contributed by atoms with Crippen molar-refractivity contribution in [1.29, 1.82) is 0 Å². The molecule has 140 valence electrons. The van der Waals surface area contributed by atoms with E-state index in [1.807, 2.05) is 31.2 Å². The summed E-state index contributed by atoms with van der Waals surface area (Å²) in [7, 11) is 3.08. The molecule has 0 unspecified atom stereocenters. The van der Waals surface area contributed by atoms with Crippen molar-refractivity contribution in [2.24, 2.45) is 0 Å². The number of rotatable bonds is 6. The van der Waals surface area contributed by atoms with Gasteiger partial charge in [0, 0.05) is 5.56 Å². The van der Waals surface area contributed by atoms with Gasteiger partial charge in [-0.05, 0) is 52.7 Å². The molecule has 0 aliphatic rings. The topological polar surface area (TPSA) is 78.3 Å². The van der Waals surface area contributed by atoms with Gasteiger partial charge >= 0.3 is 0 Å². The van der Waals surface area contributed by atoms with Crippen molar-refractivity contribution in [2.45, 2.75) is 13.0 Å². The summed E-state index contributed by atoms with van der Waals surface area (Å²) in [6, 6.07) is 10.9. The van der Waals surface area contributed by atoms with Gasteiger partial charge in [0.15, 0.2) is 0 Å². The molecular formula is C19H19BrN4O3. The van der Waals surface area contributed by atoms with Crippen LogP contribution in [-0.2, 0) is 0 Å². The standard InChI is InChI=1S/C19H19BrN4O3/c1-12(13-4-6-15(7-5-13)24-11-21-10-22-24)23-19(25)14-8-16(26-2)18(20)17(9-14)27-3/h4-12H,1-3H3,(H,23,25)/t12-/m0/s1. The monoisotopic (exact) mass is 430 g/mol. The smallest absolute Gasteiger partial charge is 0.252 e. The molecule has 0 spiro atoms. The molecule has 3 rings (SSSR count).